The summed E-state index contributed by atoms with van der Waals surface area (Å²) in [6, 6.07) is 2.16. The molecule has 7 heteroatoms. The fourth-order valence-electron chi connectivity index (χ4n) is 1.49. The third-order valence-corrected chi connectivity index (χ3v) is 2.57. The number of hydrogen-bond donors (Lipinski definition) is 1. The van der Waals surface area contributed by atoms with Gasteiger partial charge in [0.05, 0.1) is 0 Å². The zero-order chi connectivity index (χ0) is 12.7. The largest absolute Gasteiger partial charge is 0.335 e. The topological polar surface area (TPSA) is 51.0 Å². The molecule has 1 aromatic carbocycles. The van der Waals surface area contributed by atoms with Crippen LogP contribution in [0.25, 0.3) is 11.4 Å². The molecule has 0 saturated heterocycles. The Morgan fingerprint density at radius 1 is 1.17 bits per heavy atom. The molecule has 18 heavy (non-hydrogen) atoms. The van der Waals surface area contributed by atoms with E-state index in [-0.39, 0.29) is 17.4 Å². The number of halogens is 3. The summed E-state index contributed by atoms with van der Waals surface area (Å²) < 4.78 is 43.7. The zero-order valence-corrected chi connectivity index (χ0v) is 9.08. The molecule has 1 N–H and O–H groups in total. The second-order valence-corrected chi connectivity index (χ2v) is 4.10. The normalized spacial score (nSPS) is 14.8. The quantitative estimate of drug-likeness (QED) is 0.857. The van der Waals surface area contributed by atoms with Gasteiger partial charge in [0, 0.05) is 11.6 Å². The summed E-state index contributed by atoms with van der Waals surface area (Å²) in [4.78, 5) is 3.93. The van der Waals surface area contributed by atoms with Crippen molar-refractivity contribution in [3.63, 3.8) is 0 Å². The Kier molecular flexibility index (Phi) is 2.46. The highest BCUT2D eigenvalue weighted by Crippen LogP contribution is 2.26. The van der Waals surface area contributed by atoms with Gasteiger partial charge in [0.1, 0.15) is 0 Å². The Hall–Kier alpha value is -2.05. The first-order chi connectivity index (χ1) is 8.63. The SMILES string of the molecule is Fc1cc(-c2noc(NC3CC3)n2)cc(F)c1F. The minimum Gasteiger partial charge on any atom is -0.335 e. The Morgan fingerprint density at radius 3 is 2.44 bits per heavy atom. The number of nitrogens with zero attached hydrogens (tertiary/aromatic N) is 2. The minimum absolute atomic E-state index is 0.0101. The van der Waals surface area contributed by atoms with Gasteiger partial charge < -0.3 is 9.84 Å². The summed E-state index contributed by atoms with van der Waals surface area (Å²) >= 11 is 0. The van der Waals surface area contributed by atoms with Crippen molar-refractivity contribution in [1.29, 1.82) is 0 Å². The van der Waals surface area contributed by atoms with Crippen molar-refractivity contribution in [3.8, 4) is 11.4 Å². The van der Waals surface area contributed by atoms with Crippen LogP contribution in [0.5, 0.6) is 0 Å². The highest BCUT2D eigenvalue weighted by molar-refractivity contribution is 5.55. The average Bonchev–Trinajstić information content (AvgIpc) is 3.01. The molecule has 0 atom stereocenters. The third kappa shape index (κ3) is 2.03. The van der Waals surface area contributed by atoms with E-state index in [9.17, 15) is 13.2 Å². The summed E-state index contributed by atoms with van der Waals surface area (Å²) in [5, 5.41) is 6.52. The molecule has 1 aliphatic carbocycles. The molecule has 1 heterocycles. The molecule has 3 rings (SSSR count). The predicted molar refractivity (Wildman–Crippen MR) is 56.3 cm³/mol. The maximum atomic E-state index is 13.0. The number of aromatic nitrogens is 2. The summed E-state index contributed by atoms with van der Waals surface area (Å²) in [7, 11) is 0. The highest BCUT2D eigenvalue weighted by atomic mass is 19.2. The van der Waals surface area contributed by atoms with Gasteiger partial charge in [-0.25, -0.2) is 13.2 Å². The zero-order valence-electron chi connectivity index (χ0n) is 9.08. The Balaban J connectivity index is 1.91. The van der Waals surface area contributed by atoms with Crippen molar-refractivity contribution in [2.75, 3.05) is 5.32 Å². The summed E-state index contributed by atoms with van der Waals surface area (Å²) in [6.07, 6.45) is 2.05. The smallest absolute Gasteiger partial charge is 0.322 e. The second kappa shape index (κ2) is 4.01. The van der Waals surface area contributed by atoms with Crippen LogP contribution in [0.1, 0.15) is 12.8 Å². The van der Waals surface area contributed by atoms with Gasteiger partial charge >= 0.3 is 6.01 Å². The van der Waals surface area contributed by atoms with Crippen LogP contribution < -0.4 is 5.32 Å². The van der Waals surface area contributed by atoms with Crippen molar-refractivity contribution in [2.45, 2.75) is 18.9 Å². The maximum absolute atomic E-state index is 13.0. The molecule has 0 spiro atoms. The van der Waals surface area contributed by atoms with Crippen LogP contribution in [0, 0.1) is 17.5 Å². The molecule has 0 unspecified atom stereocenters. The first-order valence-corrected chi connectivity index (χ1v) is 5.38. The van der Waals surface area contributed by atoms with Crippen LogP contribution in [0.3, 0.4) is 0 Å². The fourth-order valence-corrected chi connectivity index (χ4v) is 1.49. The summed E-state index contributed by atoms with van der Waals surface area (Å²) in [5.74, 6) is -4.08. The van der Waals surface area contributed by atoms with Gasteiger partial charge in [0.15, 0.2) is 17.5 Å². The summed E-state index contributed by atoms with van der Waals surface area (Å²) in [6.45, 7) is 0. The molecule has 1 aromatic heterocycles. The fraction of sp³-hybridized carbons (Fsp3) is 0.273. The Bertz CT molecular complexity index is 572. The number of rotatable bonds is 3. The van der Waals surface area contributed by atoms with Crippen molar-refractivity contribution >= 4 is 6.01 Å². The van der Waals surface area contributed by atoms with E-state index in [1.165, 1.54) is 0 Å². The molecule has 4 nitrogen and oxygen atoms in total. The van der Waals surface area contributed by atoms with Gasteiger partial charge in [0.25, 0.3) is 0 Å². The molecule has 1 aliphatic rings. The van der Waals surface area contributed by atoms with E-state index in [1.54, 1.807) is 0 Å². The standard InChI is InChI=1S/C11H8F3N3O/c12-7-3-5(4-8(13)9(7)14)10-16-11(18-17-10)15-6-1-2-6/h3-4,6H,1-2H2,(H,15,16,17). The third-order valence-electron chi connectivity index (χ3n) is 2.57. The number of nitrogens with one attached hydrogen (secondary N) is 1. The van der Waals surface area contributed by atoms with Gasteiger partial charge in [-0.1, -0.05) is 5.16 Å². The van der Waals surface area contributed by atoms with Gasteiger partial charge in [0.2, 0.25) is 5.82 Å². The van der Waals surface area contributed by atoms with Crippen molar-refractivity contribution in [1.82, 2.24) is 10.1 Å². The molecular formula is C11H8F3N3O. The lowest BCUT2D eigenvalue weighted by Gasteiger charge is -1.98. The van der Waals surface area contributed by atoms with Crippen molar-refractivity contribution in [2.24, 2.45) is 0 Å². The molecule has 1 fully saturated rings. The first-order valence-electron chi connectivity index (χ1n) is 5.38. The van der Waals surface area contributed by atoms with Crippen LogP contribution in [-0.4, -0.2) is 16.2 Å². The number of anilines is 1. The number of hydrogen-bond acceptors (Lipinski definition) is 4. The van der Waals surface area contributed by atoms with E-state index in [1.807, 2.05) is 0 Å². The van der Waals surface area contributed by atoms with E-state index >= 15 is 0 Å². The molecule has 0 radical (unpaired) electrons. The van der Waals surface area contributed by atoms with Crippen LogP contribution >= 0.6 is 0 Å². The van der Waals surface area contributed by atoms with Crippen LogP contribution in [0.4, 0.5) is 19.2 Å². The minimum atomic E-state index is -1.52. The molecular weight excluding hydrogens is 247 g/mol. The average molecular weight is 255 g/mol. The molecule has 0 amide bonds. The lowest BCUT2D eigenvalue weighted by atomic mass is 10.2. The van der Waals surface area contributed by atoms with E-state index < -0.39 is 17.5 Å². The van der Waals surface area contributed by atoms with Crippen molar-refractivity contribution < 1.29 is 17.7 Å². The van der Waals surface area contributed by atoms with Gasteiger partial charge in [-0.3, -0.25) is 0 Å². The highest BCUT2D eigenvalue weighted by Gasteiger charge is 2.23. The van der Waals surface area contributed by atoms with E-state index in [0.717, 1.165) is 25.0 Å². The molecule has 1 saturated carbocycles. The Morgan fingerprint density at radius 2 is 1.83 bits per heavy atom. The van der Waals surface area contributed by atoms with Gasteiger partial charge in [-0.2, -0.15) is 4.98 Å². The molecule has 2 aromatic rings. The van der Waals surface area contributed by atoms with Gasteiger partial charge in [-0.15, -0.1) is 0 Å². The lowest BCUT2D eigenvalue weighted by molar-refractivity contribution is 0.431. The lowest BCUT2D eigenvalue weighted by Crippen LogP contribution is -2.00. The monoisotopic (exact) mass is 255 g/mol. The first kappa shape index (κ1) is 11.1. The second-order valence-electron chi connectivity index (χ2n) is 4.10. The van der Waals surface area contributed by atoms with E-state index in [2.05, 4.69) is 15.5 Å². The predicted octanol–water partition coefficient (Wildman–Crippen LogP) is 2.73. The van der Waals surface area contributed by atoms with Crippen molar-refractivity contribution in [3.05, 3.63) is 29.6 Å². The van der Waals surface area contributed by atoms with E-state index in [0.29, 0.717) is 6.04 Å². The molecule has 0 aliphatic heterocycles. The van der Waals surface area contributed by atoms with Gasteiger partial charge in [-0.05, 0) is 25.0 Å². The maximum Gasteiger partial charge on any atom is 0.322 e. The molecule has 0 bridgehead atoms. The van der Waals surface area contributed by atoms with Crippen LogP contribution in [0.15, 0.2) is 16.7 Å². The van der Waals surface area contributed by atoms with Crippen LogP contribution in [0.2, 0.25) is 0 Å². The van der Waals surface area contributed by atoms with E-state index in [4.69, 9.17) is 4.52 Å². The summed E-state index contributed by atoms with van der Waals surface area (Å²) in [5.41, 5.74) is 0.0268. The van der Waals surface area contributed by atoms with Crippen LogP contribution in [-0.2, 0) is 0 Å². The Labute approximate surface area is 99.8 Å². The molecule has 94 valence electrons. The number of benzene rings is 1.